The molecule has 3 rings (SSSR count). The number of nitrogens with one attached hydrogen (secondary N) is 2. The van der Waals surface area contributed by atoms with Crippen molar-refractivity contribution in [3.8, 4) is 0 Å². The third-order valence-corrected chi connectivity index (χ3v) is 3.67. The molecule has 9 heteroatoms. The summed E-state index contributed by atoms with van der Waals surface area (Å²) >= 11 is 0. The van der Waals surface area contributed by atoms with Crippen molar-refractivity contribution < 1.29 is 13.7 Å². The summed E-state index contributed by atoms with van der Waals surface area (Å²) in [6.07, 6.45) is 1.09. The molecule has 7 nitrogen and oxygen atoms in total. The fourth-order valence-corrected chi connectivity index (χ4v) is 2.64. The van der Waals surface area contributed by atoms with Crippen LogP contribution in [-0.4, -0.2) is 14.9 Å². The highest BCUT2D eigenvalue weighted by molar-refractivity contribution is 5.77. The van der Waals surface area contributed by atoms with Crippen LogP contribution in [0.3, 0.4) is 0 Å². The van der Waals surface area contributed by atoms with Gasteiger partial charge >= 0.3 is 5.69 Å². The van der Waals surface area contributed by atoms with Crippen LogP contribution < -0.4 is 10.6 Å². The van der Waals surface area contributed by atoms with E-state index in [0.717, 1.165) is 35.7 Å². The van der Waals surface area contributed by atoms with Crippen molar-refractivity contribution in [2.45, 2.75) is 13.8 Å². The molecule has 0 radical (unpaired) electrons. The molecule has 0 aliphatic carbocycles. The van der Waals surface area contributed by atoms with Gasteiger partial charge in [0, 0.05) is 11.8 Å². The van der Waals surface area contributed by atoms with Crippen molar-refractivity contribution in [3.63, 3.8) is 0 Å². The predicted molar refractivity (Wildman–Crippen MR) is 97.5 cm³/mol. The van der Waals surface area contributed by atoms with Gasteiger partial charge in [-0.05, 0) is 49.2 Å². The first-order valence-electron chi connectivity index (χ1n) is 7.90. The van der Waals surface area contributed by atoms with Crippen molar-refractivity contribution in [1.82, 2.24) is 9.97 Å². The van der Waals surface area contributed by atoms with Gasteiger partial charge in [-0.15, -0.1) is 0 Å². The zero-order valence-corrected chi connectivity index (χ0v) is 14.5. The summed E-state index contributed by atoms with van der Waals surface area (Å²) in [6, 6.07) is 8.31. The summed E-state index contributed by atoms with van der Waals surface area (Å²) in [4.78, 5) is 18.6. The molecule has 3 aromatic rings. The lowest BCUT2D eigenvalue weighted by Crippen LogP contribution is -2.06. The van der Waals surface area contributed by atoms with Gasteiger partial charge in [0.1, 0.15) is 18.0 Å². The van der Waals surface area contributed by atoms with E-state index < -0.39 is 22.2 Å². The summed E-state index contributed by atoms with van der Waals surface area (Å²) in [7, 11) is 0. The second kappa shape index (κ2) is 7.32. The maximum absolute atomic E-state index is 13.9. The lowest BCUT2D eigenvalue weighted by Gasteiger charge is -2.11. The smallest absolute Gasteiger partial charge is 0.334 e. The average Bonchev–Trinajstić information content (AvgIpc) is 2.57. The molecule has 0 spiro atoms. The number of rotatable bonds is 5. The first-order valence-corrected chi connectivity index (χ1v) is 7.90. The molecule has 0 aliphatic rings. The Bertz CT molecular complexity index is 1010. The third kappa shape index (κ3) is 4.14. The molecule has 0 amide bonds. The lowest BCUT2D eigenvalue weighted by molar-refractivity contribution is -0.383. The number of nitro groups is 1. The van der Waals surface area contributed by atoms with E-state index in [1.165, 1.54) is 0 Å². The topological polar surface area (TPSA) is 93.0 Å². The predicted octanol–water partition coefficient (Wildman–Crippen LogP) is 4.77. The minimum absolute atomic E-state index is 0.0701. The number of aromatic nitrogens is 2. The first kappa shape index (κ1) is 18.2. The second-order valence-electron chi connectivity index (χ2n) is 5.93. The van der Waals surface area contributed by atoms with E-state index in [9.17, 15) is 18.9 Å². The van der Waals surface area contributed by atoms with Crippen LogP contribution in [0.1, 0.15) is 11.1 Å². The lowest BCUT2D eigenvalue weighted by atomic mass is 10.1. The van der Waals surface area contributed by atoms with Gasteiger partial charge in [-0.25, -0.2) is 18.7 Å². The molecule has 0 saturated heterocycles. The largest absolute Gasteiger partial charge is 0.353 e. The molecule has 1 aromatic heterocycles. The summed E-state index contributed by atoms with van der Waals surface area (Å²) in [5, 5.41) is 16.9. The van der Waals surface area contributed by atoms with Gasteiger partial charge < -0.3 is 10.6 Å². The molecule has 0 atom stereocenters. The third-order valence-electron chi connectivity index (χ3n) is 3.67. The average molecular weight is 371 g/mol. The van der Waals surface area contributed by atoms with Gasteiger partial charge in [0.25, 0.3) is 0 Å². The SMILES string of the molecule is Cc1cc(C)cc(Nc2ncnc(Nc3cc(F)ccc3F)c2[N+](=O)[O-])c1. The standard InChI is InChI=1S/C18H15F2N5O2/c1-10-5-11(2)7-13(6-10)23-17-16(25(26)27)18(22-9-21-17)24-15-8-12(19)3-4-14(15)20/h3-9H,1-2H3,(H2,21,22,23,24). The molecule has 1 heterocycles. The maximum atomic E-state index is 13.9. The van der Waals surface area contributed by atoms with Crippen molar-refractivity contribution >= 4 is 28.7 Å². The van der Waals surface area contributed by atoms with Crippen LogP contribution in [0.5, 0.6) is 0 Å². The molecule has 2 aromatic carbocycles. The number of hydrogen-bond donors (Lipinski definition) is 2. The minimum atomic E-state index is -0.770. The van der Waals surface area contributed by atoms with E-state index in [-0.39, 0.29) is 17.3 Å². The zero-order chi connectivity index (χ0) is 19.6. The fourth-order valence-electron chi connectivity index (χ4n) is 2.64. The number of hydrogen-bond acceptors (Lipinski definition) is 6. The molecule has 0 unspecified atom stereocenters. The van der Waals surface area contributed by atoms with Gasteiger partial charge in [0.05, 0.1) is 10.6 Å². The van der Waals surface area contributed by atoms with E-state index in [1.54, 1.807) is 12.1 Å². The van der Waals surface area contributed by atoms with Gasteiger partial charge in [0.2, 0.25) is 11.6 Å². The summed E-state index contributed by atoms with van der Waals surface area (Å²) < 4.78 is 27.2. The Balaban J connectivity index is 2.02. The van der Waals surface area contributed by atoms with E-state index in [2.05, 4.69) is 20.6 Å². The Morgan fingerprint density at radius 3 is 2.22 bits per heavy atom. The Kier molecular flexibility index (Phi) is 4.93. The van der Waals surface area contributed by atoms with Gasteiger partial charge in [-0.2, -0.15) is 0 Å². The summed E-state index contributed by atoms with van der Waals surface area (Å²) in [6.45, 7) is 3.79. The van der Waals surface area contributed by atoms with Crippen LogP contribution in [0.2, 0.25) is 0 Å². The summed E-state index contributed by atoms with van der Waals surface area (Å²) in [5.41, 5.74) is 1.79. The van der Waals surface area contributed by atoms with Crippen LogP contribution in [0, 0.1) is 35.6 Å². The second-order valence-corrected chi connectivity index (χ2v) is 5.93. The Morgan fingerprint density at radius 1 is 0.963 bits per heavy atom. The minimum Gasteiger partial charge on any atom is -0.334 e. The molecular formula is C18H15F2N5O2. The highest BCUT2D eigenvalue weighted by Gasteiger charge is 2.24. The zero-order valence-electron chi connectivity index (χ0n) is 14.5. The van der Waals surface area contributed by atoms with Crippen LogP contribution in [0.15, 0.2) is 42.7 Å². The van der Waals surface area contributed by atoms with Crippen LogP contribution in [0.4, 0.5) is 37.5 Å². The normalized spacial score (nSPS) is 10.5. The van der Waals surface area contributed by atoms with Gasteiger partial charge in [-0.3, -0.25) is 10.1 Å². The van der Waals surface area contributed by atoms with Crippen molar-refractivity contribution in [1.29, 1.82) is 0 Å². The number of aryl methyl sites for hydroxylation is 2. The first-order chi connectivity index (χ1) is 12.8. The van der Waals surface area contributed by atoms with Crippen molar-refractivity contribution in [3.05, 3.63) is 75.6 Å². The van der Waals surface area contributed by atoms with Crippen molar-refractivity contribution in [2.75, 3.05) is 10.6 Å². The number of anilines is 4. The number of nitrogens with zero attached hydrogens (tertiary/aromatic N) is 3. The number of benzene rings is 2. The van der Waals surface area contributed by atoms with Gasteiger partial charge in [0.15, 0.2) is 0 Å². The molecule has 27 heavy (non-hydrogen) atoms. The van der Waals surface area contributed by atoms with Crippen LogP contribution in [0.25, 0.3) is 0 Å². The molecule has 0 fully saturated rings. The Morgan fingerprint density at radius 2 is 1.59 bits per heavy atom. The summed E-state index contributed by atoms with van der Waals surface area (Å²) in [5.74, 6) is -1.79. The molecule has 0 bridgehead atoms. The monoisotopic (exact) mass is 371 g/mol. The van der Waals surface area contributed by atoms with E-state index in [4.69, 9.17) is 0 Å². The van der Waals surface area contributed by atoms with Crippen LogP contribution in [-0.2, 0) is 0 Å². The highest BCUT2D eigenvalue weighted by Crippen LogP contribution is 2.34. The Labute approximate surface area is 153 Å². The molecule has 0 saturated carbocycles. The Hall–Kier alpha value is -3.62. The maximum Gasteiger partial charge on any atom is 0.353 e. The molecule has 2 N–H and O–H groups in total. The fraction of sp³-hybridized carbons (Fsp3) is 0.111. The highest BCUT2D eigenvalue weighted by atomic mass is 19.1. The van der Waals surface area contributed by atoms with E-state index >= 15 is 0 Å². The van der Waals surface area contributed by atoms with Crippen molar-refractivity contribution in [2.24, 2.45) is 0 Å². The van der Waals surface area contributed by atoms with E-state index in [0.29, 0.717) is 5.69 Å². The number of halogens is 2. The molecular weight excluding hydrogens is 356 g/mol. The molecule has 0 aliphatic heterocycles. The van der Waals surface area contributed by atoms with E-state index in [1.807, 2.05) is 19.9 Å². The molecule has 138 valence electrons. The van der Waals surface area contributed by atoms with Crippen LogP contribution >= 0.6 is 0 Å². The van der Waals surface area contributed by atoms with Gasteiger partial charge in [-0.1, -0.05) is 6.07 Å². The quantitative estimate of drug-likeness (QED) is 0.496.